The molecule has 4 heteroatoms. The molecule has 3 rings (SSSR count). The minimum atomic E-state index is -0.234. The number of phenolic OH excluding ortho intramolecular Hbond substituents is 1. The van der Waals surface area contributed by atoms with Crippen molar-refractivity contribution in [3.8, 4) is 5.75 Å². The number of ketones is 1. The molecule has 2 aromatic carbocycles. The minimum absolute atomic E-state index is 0.0206. The number of aromatic hydroxyl groups is 1. The lowest BCUT2D eigenvalue weighted by Gasteiger charge is -2.04. The van der Waals surface area contributed by atoms with Gasteiger partial charge in [0, 0.05) is 0 Å². The van der Waals surface area contributed by atoms with Crippen molar-refractivity contribution in [1.82, 2.24) is 0 Å². The van der Waals surface area contributed by atoms with Crippen LogP contribution in [0.5, 0.6) is 5.75 Å². The van der Waals surface area contributed by atoms with Crippen LogP contribution in [0.2, 0.25) is 0 Å². The Labute approximate surface area is 127 Å². The van der Waals surface area contributed by atoms with Gasteiger partial charge < -0.3 is 9.52 Å². The number of nitrogens with zero attached hydrogens (tertiary/aromatic N) is 1. The van der Waals surface area contributed by atoms with Gasteiger partial charge in [0.05, 0.1) is 11.8 Å². The molecule has 0 saturated heterocycles. The molecular weight excluding hydrogens is 278 g/mol. The molecular formula is C18H15NO3. The lowest BCUT2D eigenvalue weighted by atomic mass is 10.0. The monoisotopic (exact) mass is 293 g/mol. The van der Waals surface area contributed by atoms with E-state index in [9.17, 15) is 9.90 Å². The molecule has 0 aliphatic carbocycles. The fraction of sp³-hybridized carbons (Fsp3) is 0.111. The maximum absolute atomic E-state index is 12.2. The predicted octanol–water partition coefficient (Wildman–Crippen LogP) is 3.75. The van der Waals surface area contributed by atoms with Crippen molar-refractivity contribution < 1.29 is 14.3 Å². The number of aliphatic imine (C=N–C) groups is 1. The normalized spacial score (nSPS) is 11.3. The fourth-order valence-corrected chi connectivity index (χ4v) is 2.28. The number of furan rings is 1. The van der Waals surface area contributed by atoms with Crippen LogP contribution >= 0.6 is 0 Å². The summed E-state index contributed by atoms with van der Waals surface area (Å²) in [6, 6.07) is 14.5. The molecule has 0 saturated carbocycles. The smallest absolute Gasteiger partial charge is 0.187 e. The Kier molecular flexibility index (Phi) is 3.74. The third-order valence-corrected chi connectivity index (χ3v) is 3.38. The van der Waals surface area contributed by atoms with Crippen LogP contribution in [-0.4, -0.2) is 23.6 Å². The van der Waals surface area contributed by atoms with E-state index in [0.717, 1.165) is 16.5 Å². The molecule has 1 heterocycles. The molecule has 0 bridgehead atoms. The first kappa shape index (κ1) is 14.1. The first-order valence-corrected chi connectivity index (χ1v) is 6.95. The SMILES string of the molecule is Cc1ccc(C=NCC(=O)c2cc3ccccc3cc2O)o1. The molecule has 0 unspecified atom stereocenters. The highest BCUT2D eigenvalue weighted by Gasteiger charge is 2.11. The largest absolute Gasteiger partial charge is 0.507 e. The summed E-state index contributed by atoms with van der Waals surface area (Å²) in [4.78, 5) is 16.3. The maximum atomic E-state index is 12.2. The number of benzene rings is 2. The second kappa shape index (κ2) is 5.85. The summed E-state index contributed by atoms with van der Waals surface area (Å²) in [6.07, 6.45) is 1.52. The van der Waals surface area contributed by atoms with E-state index in [1.54, 1.807) is 18.2 Å². The second-order valence-electron chi connectivity index (χ2n) is 5.06. The Hall–Kier alpha value is -2.88. The van der Waals surface area contributed by atoms with Gasteiger partial charge in [-0.3, -0.25) is 9.79 Å². The van der Waals surface area contributed by atoms with Crippen LogP contribution in [0.25, 0.3) is 10.8 Å². The molecule has 22 heavy (non-hydrogen) atoms. The van der Waals surface area contributed by atoms with Gasteiger partial charge in [-0.15, -0.1) is 0 Å². The lowest BCUT2D eigenvalue weighted by Crippen LogP contribution is -2.04. The quantitative estimate of drug-likeness (QED) is 0.588. The highest BCUT2D eigenvalue weighted by molar-refractivity contribution is 6.04. The number of carbonyl (C=O) groups excluding carboxylic acids is 1. The highest BCUT2D eigenvalue weighted by atomic mass is 16.3. The highest BCUT2D eigenvalue weighted by Crippen LogP contribution is 2.25. The van der Waals surface area contributed by atoms with Crippen molar-refractivity contribution in [2.45, 2.75) is 6.92 Å². The molecule has 0 amide bonds. The zero-order chi connectivity index (χ0) is 15.5. The van der Waals surface area contributed by atoms with Crippen LogP contribution in [0.1, 0.15) is 21.9 Å². The third kappa shape index (κ3) is 2.91. The summed E-state index contributed by atoms with van der Waals surface area (Å²) in [5.41, 5.74) is 0.284. The number of fused-ring (bicyclic) bond motifs is 1. The molecule has 0 spiro atoms. The summed E-state index contributed by atoms with van der Waals surface area (Å²) >= 11 is 0. The molecule has 3 aromatic rings. The van der Waals surface area contributed by atoms with E-state index >= 15 is 0 Å². The predicted molar refractivity (Wildman–Crippen MR) is 85.8 cm³/mol. The molecule has 1 N–H and O–H groups in total. The van der Waals surface area contributed by atoms with Gasteiger partial charge >= 0.3 is 0 Å². The Morgan fingerprint density at radius 2 is 1.91 bits per heavy atom. The van der Waals surface area contributed by atoms with Gasteiger partial charge in [0.1, 0.15) is 23.8 Å². The lowest BCUT2D eigenvalue weighted by molar-refractivity contribution is 0.1000. The van der Waals surface area contributed by atoms with E-state index in [-0.39, 0.29) is 23.6 Å². The van der Waals surface area contributed by atoms with Crippen molar-refractivity contribution in [1.29, 1.82) is 0 Å². The van der Waals surface area contributed by atoms with E-state index in [1.807, 2.05) is 37.3 Å². The van der Waals surface area contributed by atoms with E-state index in [4.69, 9.17) is 4.42 Å². The Bertz CT molecular complexity index is 862. The molecule has 110 valence electrons. The summed E-state index contributed by atoms with van der Waals surface area (Å²) < 4.78 is 5.34. The molecule has 1 aromatic heterocycles. The zero-order valence-electron chi connectivity index (χ0n) is 12.1. The van der Waals surface area contributed by atoms with Gasteiger partial charge in [-0.1, -0.05) is 24.3 Å². The summed E-state index contributed by atoms with van der Waals surface area (Å²) in [5, 5.41) is 11.8. The molecule has 4 nitrogen and oxygen atoms in total. The number of aryl methyl sites for hydroxylation is 1. The molecule has 0 atom stereocenters. The van der Waals surface area contributed by atoms with Gasteiger partial charge in [-0.2, -0.15) is 0 Å². The number of carbonyl (C=O) groups is 1. The molecule has 0 radical (unpaired) electrons. The first-order chi connectivity index (χ1) is 10.6. The van der Waals surface area contributed by atoms with Crippen LogP contribution < -0.4 is 0 Å². The zero-order valence-corrected chi connectivity index (χ0v) is 12.1. The first-order valence-electron chi connectivity index (χ1n) is 6.95. The van der Waals surface area contributed by atoms with Gasteiger partial charge in [0.25, 0.3) is 0 Å². The van der Waals surface area contributed by atoms with Crippen molar-refractivity contribution in [3.05, 3.63) is 65.6 Å². The average Bonchev–Trinajstić information content (AvgIpc) is 2.92. The van der Waals surface area contributed by atoms with Crippen molar-refractivity contribution in [2.75, 3.05) is 6.54 Å². The minimum Gasteiger partial charge on any atom is -0.507 e. The third-order valence-electron chi connectivity index (χ3n) is 3.38. The van der Waals surface area contributed by atoms with E-state index in [0.29, 0.717) is 5.76 Å². The topological polar surface area (TPSA) is 62.8 Å². The van der Waals surface area contributed by atoms with Crippen LogP contribution in [0, 0.1) is 6.92 Å². The van der Waals surface area contributed by atoms with Gasteiger partial charge in [-0.25, -0.2) is 0 Å². The van der Waals surface area contributed by atoms with Crippen molar-refractivity contribution >= 4 is 22.8 Å². The average molecular weight is 293 g/mol. The van der Waals surface area contributed by atoms with Gasteiger partial charge in [0.2, 0.25) is 0 Å². The van der Waals surface area contributed by atoms with Gasteiger partial charge in [-0.05, 0) is 42.0 Å². The number of phenols is 1. The van der Waals surface area contributed by atoms with Crippen LogP contribution in [0.15, 0.2) is 57.9 Å². The number of rotatable bonds is 4. The summed E-state index contributed by atoms with van der Waals surface area (Å²) in [5.74, 6) is 1.14. The van der Waals surface area contributed by atoms with Crippen LogP contribution in [0.3, 0.4) is 0 Å². The number of hydrogen-bond donors (Lipinski definition) is 1. The van der Waals surface area contributed by atoms with Gasteiger partial charge in [0.15, 0.2) is 5.78 Å². The second-order valence-corrected chi connectivity index (χ2v) is 5.06. The maximum Gasteiger partial charge on any atom is 0.187 e. The Morgan fingerprint density at radius 1 is 1.18 bits per heavy atom. The van der Waals surface area contributed by atoms with E-state index < -0.39 is 0 Å². The number of Topliss-reactive ketones (excluding diaryl/α,β-unsaturated/α-hetero) is 1. The molecule has 0 fully saturated rings. The summed E-state index contributed by atoms with van der Waals surface area (Å²) in [6.45, 7) is 1.81. The standard InChI is InChI=1S/C18H15NO3/c1-12-6-7-15(22-12)10-19-11-18(21)16-8-13-4-2-3-5-14(13)9-17(16)20/h2-10,20H,11H2,1H3. The fourth-order valence-electron chi connectivity index (χ4n) is 2.28. The molecule has 0 aliphatic rings. The number of hydrogen-bond acceptors (Lipinski definition) is 4. The van der Waals surface area contributed by atoms with Crippen molar-refractivity contribution in [2.24, 2.45) is 4.99 Å². The van der Waals surface area contributed by atoms with Crippen LogP contribution in [-0.2, 0) is 0 Å². The van der Waals surface area contributed by atoms with E-state index in [2.05, 4.69) is 4.99 Å². The van der Waals surface area contributed by atoms with E-state index in [1.165, 1.54) is 6.21 Å². The Morgan fingerprint density at radius 3 is 2.59 bits per heavy atom. The summed E-state index contributed by atoms with van der Waals surface area (Å²) in [7, 11) is 0. The Balaban J connectivity index is 1.80. The molecule has 0 aliphatic heterocycles. The van der Waals surface area contributed by atoms with Crippen molar-refractivity contribution in [3.63, 3.8) is 0 Å². The van der Waals surface area contributed by atoms with Crippen LogP contribution in [0.4, 0.5) is 0 Å².